The van der Waals surface area contributed by atoms with Crippen LogP contribution in [0.5, 0.6) is 5.75 Å². The lowest BCUT2D eigenvalue weighted by Gasteiger charge is -2.16. The highest BCUT2D eigenvalue weighted by atomic mass is 79.9. The van der Waals surface area contributed by atoms with Gasteiger partial charge in [-0.1, -0.05) is 48.0 Å². The van der Waals surface area contributed by atoms with Gasteiger partial charge in [-0.15, -0.1) is 0 Å². The van der Waals surface area contributed by atoms with E-state index in [0.717, 1.165) is 5.56 Å². The number of carbonyl (C=O) groups is 2. The molecule has 30 heavy (non-hydrogen) atoms. The smallest absolute Gasteiger partial charge is 0.265 e. The summed E-state index contributed by atoms with van der Waals surface area (Å²) < 4.78 is 6.37. The summed E-state index contributed by atoms with van der Waals surface area (Å²) in [4.78, 5) is 24.8. The van der Waals surface area contributed by atoms with Crippen LogP contribution in [-0.2, 0) is 16.0 Å². The number of nitrogens with one attached hydrogen (secondary N) is 2. The highest BCUT2D eigenvalue weighted by molar-refractivity contribution is 9.10. The minimum Gasteiger partial charge on any atom is -0.480 e. The molecule has 0 aliphatic rings. The molecule has 5 nitrogen and oxygen atoms in total. The summed E-state index contributed by atoms with van der Waals surface area (Å²) in [7, 11) is 0. The number of hydrogen-bond acceptors (Lipinski definition) is 3. The Balaban J connectivity index is 1.58. The Hall–Kier alpha value is -2.83. The third-order valence-electron chi connectivity index (χ3n) is 4.19. The van der Waals surface area contributed by atoms with Crippen molar-refractivity contribution in [1.29, 1.82) is 0 Å². The summed E-state index contributed by atoms with van der Waals surface area (Å²) in [5.74, 6) is 0.0718. The molecule has 0 heterocycles. The fourth-order valence-corrected chi connectivity index (χ4v) is 3.50. The average molecular weight is 488 g/mol. The van der Waals surface area contributed by atoms with E-state index in [1.165, 1.54) is 0 Å². The molecule has 0 saturated heterocycles. The molecular weight excluding hydrogens is 468 g/mol. The van der Waals surface area contributed by atoms with Crippen molar-refractivity contribution in [3.05, 3.63) is 87.9 Å². The summed E-state index contributed by atoms with van der Waals surface area (Å²) in [6.07, 6.45) is -0.461. The first kappa shape index (κ1) is 21.9. The normalized spacial score (nSPS) is 11.4. The van der Waals surface area contributed by atoms with Crippen LogP contribution in [0, 0.1) is 0 Å². The number of rotatable bonds is 7. The van der Waals surface area contributed by atoms with Crippen LogP contribution in [0.15, 0.2) is 77.3 Å². The molecule has 2 N–H and O–H groups in total. The second kappa shape index (κ2) is 10.3. The molecule has 3 aromatic carbocycles. The van der Waals surface area contributed by atoms with Crippen molar-refractivity contribution in [3.63, 3.8) is 0 Å². The lowest BCUT2D eigenvalue weighted by Crippen LogP contribution is -2.30. The monoisotopic (exact) mass is 486 g/mol. The number of hydrogen-bond donors (Lipinski definition) is 2. The van der Waals surface area contributed by atoms with Gasteiger partial charge in [0, 0.05) is 16.4 Å². The minimum absolute atomic E-state index is 0.131. The first-order chi connectivity index (χ1) is 14.4. The molecule has 1 unspecified atom stereocenters. The zero-order valence-electron chi connectivity index (χ0n) is 16.2. The predicted octanol–water partition coefficient (Wildman–Crippen LogP) is 5.69. The van der Waals surface area contributed by atoms with Crippen LogP contribution in [0.4, 0.5) is 11.4 Å². The van der Waals surface area contributed by atoms with Gasteiger partial charge in [0.05, 0.1) is 10.9 Å². The van der Waals surface area contributed by atoms with Gasteiger partial charge in [0.2, 0.25) is 5.91 Å². The SMILES string of the molecule is CC(Oc1ccc(Cl)cc1Br)C(=O)Nc1cccc(NC(=O)Cc2ccccc2)c1. The third-order valence-corrected chi connectivity index (χ3v) is 5.04. The molecule has 3 aromatic rings. The van der Waals surface area contributed by atoms with Crippen LogP contribution in [0.2, 0.25) is 5.02 Å². The van der Waals surface area contributed by atoms with E-state index in [2.05, 4.69) is 26.6 Å². The Morgan fingerprint density at radius 3 is 2.37 bits per heavy atom. The quantitative estimate of drug-likeness (QED) is 0.450. The molecule has 0 radical (unpaired) electrons. The molecule has 0 saturated carbocycles. The molecular formula is C23H20BrClN2O3. The molecule has 2 amide bonds. The molecule has 154 valence electrons. The van der Waals surface area contributed by atoms with Gasteiger partial charge >= 0.3 is 0 Å². The van der Waals surface area contributed by atoms with Crippen molar-refractivity contribution in [1.82, 2.24) is 0 Å². The molecule has 0 aliphatic heterocycles. The Labute approximate surface area is 188 Å². The summed E-state index contributed by atoms with van der Waals surface area (Å²) in [6.45, 7) is 1.65. The van der Waals surface area contributed by atoms with Crippen LogP contribution in [0.25, 0.3) is 0 Å². The zero-order chi connectivity index (χ0) is 21.5. The highest BCUT2D eigenvalue weighted by Gasteiger charge is 2.16. The van der Waals surface area contributed by atoms with Crippen LogP contribution < -0.4 is 15.4 Å². The lowest BCUT2D eigenvalue weighted by molar-refractivity contribution is -0.122. The number of carbonyl (C=O) groups excluding carboxylic acids is 2. The fraction of sp³-hybridized carbons (Fsp3) is 0.130. The van der Waals surface area contributed by atoms with Crippen molar-refractivity contribution < 1.29 is 14.3 Å². The maximum absolute atomic E-state index is 12.5. The Morgan fingerprint density at radius 2 is 1.67 bits per heavy atom. The summed E-state index contributed by atoms with van der Waals surface area (Å²) >= 11 is 9.29. The van der Waals surface area contributed by atoms with Gasteiger partial charge in [0.15, 0.2) is 6.10 Å². The fourth-order valence-electron chi connectivity index (χ4n) is 2.72. The highest BCUT2D eigenvalue weighted by Crippen LogP contribution is 2.29. The molecule has 7 heteroatoms. The number of halogens is 2. The van der Waals surface area contributed by atoms with Gasteiger partial charge in [0.25, 0.3) is 5.91 Å². The van der Waals surface area contributed by atoms with E-state index in [1.807, 2.05) is 30.3 Å². The van der Waals surface area contributed by atoms with Crippen molar-refractivity contribution in [2.45, 2.75) is 19.4 Å². The summed E-state index contributed by atoms with van der Waals surface area (Å²) in [6, 6.07) is 21.5. The molecule has 0 bridgehead atoms. The van der Waals surface area contributed by atoms with E-state index in [0.29, 0.717) is 26.6 Å². The van der Waals surface area contributed by atoms with Crippen molar-refractivity contribution >= 4 is 50.7 Å². The van der Waals surface area contributed by atoms with Crippen molar-refractivity contribution in [2.24, 2.45) is 0 Å². The molecule has 0 fully saturated rings. The largest absolute Gasteiger partial charge is 0.480 e. The topological polar surface area (TPSA) is 67.4 Å². The molecule has 0 aromatic heterocycles. The number of ether oxygens (including phenoxy) is 1. The maximum Gasteiger partial charge on any atom is 0.265 e. The van der Waals surface area contributed by atoms with Gasteiger partial charge in [-0.2, -0.15) is 0 Å². The number of amides is 2. The second-order valence-corrected chi connectivity index (χ2v) is 7.91. The number of benzene rings is 3. The molecule has 0 aliphatic carbocycles. The van der Waals surface area contributed by atoms with E-state index < -0.39 is 6.10 Å². The van der Waals surface area contributed by atoms with Gasteiger partial charge in [-0.3, -0.25) is 9.59 Å². The third kappa shape index (κ3) is 6.34. The molecule has 3 rings (SSSR count). The van der Waals surface area contributed by atoms with Crippen molar-refractivity contribution in [3.8, 4) is 5.75 Å². The van der Waals surface area contributed by atoms with E-state index in [9.17, 15) is 9.59 Å². The predicted molar refractivity (Wildman–Crippen MR) is 123 cm³/mol. The minimum atomic E-state index is -0.737. The van der Waals surface area contributed by atoms with E-state index in [4.69, 9.17) is 16.3 Å². The van der Waals surface area contributed by atoms with Crippen LogP contribution in [0.1, 0.15) is 12.5 Å². The van der Waals surface area contributed by atoms with Crippen LogP contribution in [-0.4, -0.2) is 17.9 Å². The standard InChI is InChI=1S/C23H20BrClN2O3/c1-15(30-21-11-10-17(25)13-20(21)24)23(29)27-19-9-5-8-18(14-19)26-22(28)12-16-6-3-2-4-7-16/h2-11,13-15H,12H2,1H3,(H,26,28)(H,27,29). The van der Waals surface area contributed by atoms with Gasteiger partial charge in [0.1, 0.15) is 5.75 Å². The van der Waals surface area contributed by atoms with Gasteiger partial charge < -0.3 is 15.4 Å². The van der Waals surface area contributed by atoms with E-state index >= 15 is 0 Å². The molecule has 0 spiro atoms. The first-order valence-corrected chi connectivity index (χ1v) is 10.4. The Bertz CT molecular complexity index is 1040. The summed E-state index contributed by atoms with van der Waals surface area (Å²) in [5, 5.41) is 6.21. The van der Waals surface area contributed by atoms with Crippen LogP contribution in [0.3, 0.4) is 0 Å². The number of anilines is 2. The van der Waals surface area contributed by atoms with Gasteiger partial charge in [-0.05, 0) is 64.8 Å². The van der Waals surface area contributed by atoms with Gasteiger partial charge in [-0.25, -0.2) is 0 Å². The van der Waals surface area contributed by atoms with Crippen LogP contribution >= 0.6 is 27.5 Å². The first-order valence-electron chi connectivity index (χ1n) is 9.27. The van der Waals surface area contributed by atoms with E-state index in [1.54, 1.807) is 49.4 Å². The molecule has 1 atom stereocenters. The van der Waals surface area contributed by atoms with E-state index in [-0.39, 0.29) is 18.2 Å². The maximum atomic E-state index is 12.5. The lowest BCUT2D eigenvalue weighted by atomic mass is 10.1. The Kier molecular flexibility index (Phi) is 7.49. The average Bonchev–Trinajstić information content (AvgIpc) is 2.71. The summed E-state index contributed by atoms with van der Waals surface area (Å²) in [5.41, 5.74) is 2.09. The zero-order valence-corrected chi connectivity index (χ0v) is 18.5. The van der Waals surface area contributed by atoms with Crippen molar-refractivity contribution in [2.75, 3.05) is 10.6 Å². The Morgan fingerprint density at radius 1 is 0.967 bits per heavy atom. The second-order valence-electron chi connectivity index (χ2n) is 6.62.